The summed E-state index contributed by atoms with van der Waals surface area (Å²) in [6.45, 7) is 1.82. The topological polar surface area (TPSA) is 138 Å². The van der Waals surface area contributed by atoms with Crippen molar-refractivity contribution in [3.05, 3.63) is 59.3 Å². The first-order chi connectivity index (χ1) is 17.2. The summed E-state index contributed by atoms with van der Waals surface area (Å²) in [5.41, 5.74) is 2.52. The second-order valence-corrected chi connectivity index (χ2v) is 8.03. The average Bonchev–Trinajstić information content (AvgIpc) is 3.35. The Balaban J connectivity index is 1.59. The quantitative estimate of drug-likeness (QED) is 0.480. The summed E-state index contributed by atoms with van der Waals surface area (Å²) in [5.74, 6) is -1.12. The highest BCUT2D eigenvalue weighted by molar-refractivity contribution is 6.05. The zero-order chi connectivity index (χ0) is 26.0. The maximum Gasteiger partial charge on any atom is 0.337 e. The molecule has 2 N–H and O–H groups in total. The van der Waals surface area contributed by atoms with Crippen molar-refractivity contribution in [2.24, 2.45) is 0 Å². The van der Waals surface area contributed by atoms with Gasteiger partial charge in [0.25, 0.3) is 5.91 Å². The number of esters is 2. The first-order valence-electron chi connectivity index (χ1n) is 10.9. The molecule has 0 saturated heterocycles. The molecular formula is C25H24N4O7. The van der Waals surface area contributed by atoms with Gasteiger partial charge in [-0.05, 0) is 42.8 Å². The monoisotopic (exact) mass is 492 g/mol. The Morgan fingerprint density at radius 3 is 2.31 bits per heavy atom. The minimum atomic E-state index is -0.887. The van der Waals surface area contributed by atoms with Gasteiger partial charge in [-0.15, -0.1) is 0 Å². The van der Waals surface area contributed by atoms with Crippen LogP contribution in [0.3, 0.4) is 0 Å². The van der Waals surface area contributed by atoms with E-state index in [1.165, 1.54) is 37.1 Å². The third-order valence-corrected chi connectivity index (χ3v) is 5.72. The molecule has 186 valence electrons. The van der Waals surface area contributed by atoms with Crippen LogP contribution in [0.2, 0.25) is 0 Å². The highest BCUT2D eigenvalue weighted by atomic mass is 16.5. The number of hydrogen-bond donors (Lipinski definition) is 2. The number of amides is 2. The third kappa shape index (κ3) is 4.63. The van der Waals surface area contributed by atoms with Crippen molar-refractivity contribution in [2.45, 2.75) is 19.4 Å². The fourth-order valence-corrected chi connectivity index (χ4v) is 4.07. The van der Waals surface area contributed by atoms with Crippen molar-refractivity contribution in [3.8, 4) is 16.9 Å². The summed E-state index contributed by atoms with van der Waals surface area (Å²) in [4.78, 5) is 49.7. The van der Waals surface area contributed by atoms with Crippen molar-refractivity contribution in [1.82, 2.24) is 9.78 Å². The second kappa shape index (κ2) is 9.90. The molecule has 0 spiro atoms. The lowest BCUT2D eigenvalue weighted by Crippen LogP contribution is -2.24. The number of nitrogens with one attached hydrogen (secondary N) is 2. The van der Waals surface area contributed by atoms with Gasteiger partial charge < -0.3 is 24.8 Å². The number of aromatic nitrogens is 2. The Hall–Kier alpha value is -4.67. The van der Waals surface area contributed by atoms with E-state index in [-0.39, 0.29) is 29.1 Å². The largest absolute Gasteiger partial charge is 0.497 e. The Labute approximate surface area is 206 Å². The van der Waals surface area contributed by atoms with Gasteiger partial charge in [0.1, 0.15) is 17.6 Å². The Morgan fingerprint density at radius 2 is 1.69 bits per heavy atom. The Morgan fingerprint density at radius 1 is 1.03 bits per heavy atom. The van der Waals surface area contributed by atoms with E-state index in [2.05, 4.69) is 15.7 Å². The zero-order valence-corrected chi connectivity index (χ0v) is 20.1. The number of rotatable bonds is 7. The molecule has 0 radical (unpaired) electrons. The predicted molar refractivity (Wildman–Crippen MR) is 129 cm³/mol. The van der Waals surface area contributed by atoms with Crippen LogP contribution in [0.1, 0.15) is 38.9 Å². The molecular weight excluding hydrogens is 468 g/mol. The lowest BCUT2D eigenvalue weighted by atomic mass is 10.1. The molecule has 0 aliphatic carbocycles. The summed E-state index contributed by atoms with van der Waals surface area (Å²) in [6, 6.07) is 10.5. The van der Waals surface area contributed by atoms with Gasteiger partial charge in [-0.2, -0.15) is 5.10 Å². The number of ether oxygens (including phenoxy) is 3. The average molecular weight is 492 g/mol. The molecule has 1 atom stereocenters. The SMILES string of the molecule is COC(=O)c1cc(NC(=O)CC2C(=O)Nc3c(-c4cccc(OC)c4)c(C)nn32)cc(C(=O)OC)c1. The van der Waals surface area contributed by atoms with Crippen LogP contribution in [0.15, 0.2) is 42.5 Å². The van der Waals surface area contributed by atoms with E-state index in [1.54, 1.807) is 7.11 Å². The van der Waals surface area contributed by atoms with E-state index < -0.39 is 23.9 Å². The Kier molecular flexibility index (Phi) is 6.73. The molecule has 11 heteroatoms. The van der Waals surface area contributed by atoms with E-state index in [9.17, 15) is 19.2 Å². The molecule has 4 rings (SSSR count). The van der Waals surface area contributed by atoms with Crippen LogP contribution in [0.4, 0.5) is 11.5 Å². The lowest BCUT2D eigenvalue weighted by Gasteiger charge is -2.12. The molecule has 0 saturated carbocycles. The van der Waals surface area contributed by atoms with Crippen molar-refractivity contribution >= 4 is 35.3 Å². The number of nitrogens with zero attached hydrogens (tertiary/aromatic N) is 2. The molecule has 1 unspecified atom stereocenters. The summed E-state index contributed by atoms with van der Waals surface area (Å²) < 4.78 is 16.2. The summed E-state index contributed by atoms with van der Waals surface area (Å²) in [7, 11) is 3.97. The number of anilines is 2. The highest BCUT2D eigenvalue weighted by Gasteiger charge is 2.36. The summed E-state index contributed by atoms with van der Waals surface area (Å²) >= 11 is 0. The molecule has 0 bridgehead atoms. The van der Waals surface area contributed by atoms with Gasteiger partial charge >= 0.3 is 11.9 Å². The van der Waals surface area contributed by atoms with Gasteiger partial charge in [0.15, 0.2) is 0 Å². The molecule has 1 aromatic heterocycles. The normalized spacial score (nSPS) is 14.0. The van der Waals surface area contributed by atoms with Gasteiger partial charge in [-0.25, -0.2) is 14.3 Å². The molecule has 2 heterocycles. The number of aryl methyl sites for hydroxylation is 1. The van der Waals surface area contributed by atoms with Crippen molar-refractivity contribution in [1.29, 1.82) is 0 Å². The first-order valence-corrected chi connectivity index (χ1v) is 10.9. The van der Waals surface area contributed by atoms with Crippen LogP contribution in [0.25, 0.3) is 11.1 Å². The molecule has 3 aromatic rings. The molecule has 1 aliphatic heterocycles. The maximum absolute atomic E-state index is 12.9. The molecule has 2 amide bonds. The van der Waals surface area contributed by atoms with E-state index in [0.717, 1.165) is 11.1 Å². The van der Waals surface area contributed by atoms with Crippen LogP contribution in [0.5, 0.6) is 5.75 Å². The van der Waals surface area contributed by atoms with Gasteiger partial charge in [-0.3, -0.25) is 9.59 Å². The van der Waals surface area contributed by atoms with E-state index in [1.807, 2.05) is 31.2 Å². The van der Waals surface area contributed by atoms with Crippen LogP contribution >= 0.6 is 0 Å². The number of carbonyl (C=O) groups is 4. The Bertz CT molecular complexity index is 1340. The molecule has 1 aliphatic rings. The maximum atomic E-state index is 12.9. The van der Waals surface area contributed by atoms with Crippen LogP contribution in [0, 0.1) is 6.92 Å². The number of hydrogen-bond acceptors (Lipinski definition) is 8. The zero-order valence-electron chi connectivity index (χ0n) is 20.1. The number of benzene rings is 2. The second-order valence-electron chi connectivity index (χ2n) is 8.03. The predicted octanol–water partition coefficient (Wildman–Crippen LogP) is 2.96. The van der Waals surface area contributed by atoms with E-state index >= 15 is 0 Å². The third-order valence-electron chi connectivity index (χ3n) is 5.72. The van der Waals surface area contributed by atoms with Crippen LogP contribution in [-0.2, 0) is 19.1 Å². The molecule has 0 fully saturated rings. The summed E-state index contributed by atoms with van der Waals surface area (Å²) in [5, 5.41) is 9.96. The lowest BCUT2D eigenvalue weighted by molar-refractivity contribution is -0.123. The molecule has 2 aromatic carbocycles. The van der Waals surface area contributed by atoms with Gasteiger partial charge in [0.2, 0.25) is 5.91 Å². The summed E-state index contributed by atoms with van der Waals surface area (Å²) in [6.07, 6.45) is -0.229. The van der Waals surface area contributed by atoms with Crippen LogP contribution in [-0.4, -0.2) is 54.9 Å². The van der Waals surface area contributed by atoms with E-state index in [0.29, 0.717) is 17.3 Å². The minimum Gasteiger partial charge on any atom is -0.497 e. The fraction of sp³-hybridized carbons (Fsp3) is 0.240. The van der Waals surface area contributed by atoms with Gasteiger partial charge in [0, 0.05) is 11.3 Å². The van der Waals surface area contributed by atoms with Crippen molar-refractivity contribution < 1.29 is 33.4 Å². The number of methoxy groups -OCH3 is 3. The van der Waals surface area contributed by atoms with Gasteiger partial charge in [0.05, 0.1) is 44.6 Å². The minimum absolute atomic E-state index is 0.0576. The molecule has 11 nitrogen and oxygen atoms in total. The standard InChI is InChI=1S/C25H24N4O7/c1-13-21(14-6-5-7-18(11-14)34-2)22-27-23(31)19(29(22)28-13)12-20(30)26-17-9-15(24(32)35-3)8-16(10-17)25(33)36-4/h5-11,19H,12H2,1-4H3,(H,26,30)(H,27,31). The highest BCUT2D eigenvalue weighted by Crippen LogP contribution is 2.39. The van der Waals surface area contributed by atoms with Crippen LogP contribution < -0.4 is 15.4 Å². The smallest absolute Gasteiger partial charge is 0.337 e. The number of carbonyl (C=O) groups excluding carboxylic acids is 4. The van der Waals surface area contributed by atoms with Gasteiger partial charge in [-0.1, -0.05) is 12.1 Å². The van der Waals surface area contributed by atoms with Crippen molar-refractivity contribution in [2.75, 3.05) is 32.0 Å². The first kappa shape index (κ1) is 24.5. The van der Waals surface area contributed by atoms with Crippen molar-refractivity contribution in [3.63, 3.8) is 0 Å². The fourth-order valence-electron chi connectivity index (χ4n) is 4.07. The molecule has 36 heavy (non-hydrogen) atoms. The van der Waals surface area contributed by atoms with E-state index in [4.69, 9.17) is 14.2 Å². The number of fused-ring (bicyclic) bond motifs is 1.